The van der Waals surface area contributed by atoms with E-state index in [0.29, 0.717) is 6.92 Å². The second kappa shape index (κ2) is 5.45. The highest BCUT2D eigenvalue weighted by Crippen LogP contribution is 2.31. The highest BCUT2D eigenvalue weighted by molar-refractivity contribution is 6.35. The van der Waals surface area contributed by atoms with Crippen LogP contribution < -0.4 is 5.32 Å². The number of nitrogens with zero attached hydrogens (tertiary/aromatic N) is 1. The average Bonchev–Trinajstić information content (AvgIpc) is 2.30. The van der Waals surface area contributed by atoms with Crippen LogP contribution in [0.1, 0.15) is 17.3 Å². The van der Waals surface area contributed by atoms with E-state index in [1.54, 1.807) is 0 Å². The van der Waals surface area contributed by atoms with Gasteiger partial charge in [0.2, 0.25) is 5.54 Å². The molecule has 5 nitrogen and oxygen atoms in total. The molecular weight excluding hydrogens is 324 g/mol. The van der Waals surface area contributed by atoms with Gasteiger partial charge in [0.1, 0.15) is 5.15 Å². The molecule has 10 heteroatoms. The van der Waals surface area contributed by atoms with Crippen molar-refractivity contribution in [3.8, 4) is 0 Å². The maximum absolute atomic E-state index is 12.7. The normalized spacial score (nSPS) is 14.5. The minimum atomic E-state index is -5.20. The van der Waals surface area contributed by atoms with Crippen molar-refractivity contribution in [1.29, 1.82) is 0 Å². The molecule has 0 radical (unpaired) electrons. The molecule has 1 rings (SSSR count). The number of aromatic nitrogens is 1. The van der Waals surface area contributed by atoms with Crippen molar-refractivity contribution in [1.82, 2.24) is 10.3 Å². The number of hydrogen-bond donors (Lipinski definition) is 2. The maximum Gasteiger partial charge on any atom is 0.422 e. The molecule has 1 amide bonds. The Hall–Kier alpha value is -1.54. The second-order valence-electron chi connectivity index (χ2n) is 3.87. The Labute approximate surface area is 120 Å². The molecule has 1 aromatic heterocycles. The lowest BCUT2D eigenvalue weighted by molar-refractivity contribution is -0.203. The lowest BCUT2D eigenvalue weighted by Gasteiger charge is -2.28. The summed E-state index contributed by atoms with van der Waals surface area (Å²) in [6.45, 7) is 0.323. The Morgan fingerprint density at radius 1 is 1.35 bits per heavy atom. The second-order valence-corrected chi connectivity index (χ2v) is 4.66. The first kappa shape index (κ1) is 16.5. The number of aliphatic carboxylic acids is 1. The predicted octanol–water partition coefficient (Wildman–Crippen LogP) is 2.52. The Bertz CT molecular complexity index is 565. The third kappa shape index (κ3) is 3.13. The van der Waals surface area contributed by atoms with Crippen molar-refractivity contribution in [2.24, 2.45) is 0 Å². The average molecular weight is 331 g/mol. The minimum absolute atomic E-state index is 0.177. The number of carboxylic acids is 1. The fraction of sp³-hybridized carbons (Fsp3) is 0.300. The number of nitrogens with one attached hydrogen (secondary N) is 1. The first-order valence-electron chi connectivity index (χ1n) is 4.92. The van der Waals surface area contributed by atoms with E-state index < -0.39 is 29.2 Å². The molecule has 0 aliphatic carbocycles. The molecule has 0 fully saturated rings. The molecule has 0 saturated carbocycles. The summed E-state index contributed by atoms with van der Waals surface area (Å²) < 4.78 is 38.2. The Kier molecular flexibility index (Phi) is 4.50. The first-order valence-corrected chi connectivity index (χ1v) is 5.68. The molecule has 0 aliphatic rings. The molecule has 20 heavy (non-hydrogen) atoms. The molecule has 2 N–H and O–H groups in total. The number of pyridine rings is 1. The number of halogens is 5. The number of carbonyl (C=O) groups is 2. The number of carboxylic acid groups (broad SMARTS) is 1. The summed E-state index contributed by atoms with van der Waals surface area (Å²) >= 11 is 11.1. The summed E-state index contributed by atoms with van der Waals surface area (Å²) in [7, 11) is 0. The lowest BCUT2D eigenvalue weighted by atomic mass is 10.0. The van der Waals surface area contributed by atoms with Gasteiger partial charge in [-0.1, -0.05) is 23.2 Å². The van der Waals surface area contributed by atoms with E-state index >= 15 is 0 Å². The van der Waals surface area contributed by atoms with Crippen molar-refractivity contribution in [2.45, 2.75) is 18.6 Å². The zero-order chi connectivity index (χ0) is 15.7. The predicted molar refractivity (Wildman–Crippen MR) is 63.8 cm³/mol. The summed E-state index contributed by atoms with van der Waals surface area (Å²) in [5.41, 5.74) is -3.87. The van der Waals surface area contributed by atoms with Gasteiger partial charge in [-0.2, -0.15) is 13.2 Å². The van der Waals surface area contributed by atoms with Crippen molar-refractivity contribution < 1.29 is 27.9 Å². The molecular formula is C10H7Cl2F3N2O3. The molecule has 1 unspecified atom stereocenters. The fourth-order valence-corrected chi connectivity index (χ4v) is 1.47. The maximum atomic E-state index is 12.7. The van der Waals surface area contributed by atoms with Gasteiger partial charge in [-0.25, -0.2) is 9.78 Å². The summed E-state index contributed by atoms with van der Waals surface area (Å²) in [5.74, 6) is -3.59. The van der Waals surface area contributed by atoms with Gasteiger partial charge in [-0.15, -0.1) is 0 Å². The largest absolute Gasteiger partial charge is 0.479 e. The SMILES string of the molecule is CC(NC(=O)c1cc(Cl)ncc1Cl)(C(=O)O)C(F)(F)F. The van der Waals surface area contributed by atoms with Crippen LogP contribution in [0.15, 0.2) is 12.3 Å². The summed E-state index contributed by atoms with van der Waals surface area (Å²) in [6.07, 6.45) is -4.23. The number of hydrogen-bond acceptors (Lipinski definition) is 3. The Morgan fingerprint density at radius 2 is 1.90 bits per heavy atom. The summed E-state index contributed by atoms with van der Waals surface area (Å²) in [4.78, 5) is 26.0. The molecule has 0 saturated heterocycles. The Morgan fingerprint density at radius 3 is 2.35 bits per heavy atom. The van der Waals surface area contributed by atoms with Gasteiger partial charge in [0.05, 0.1) is 10.6 Å². The molecule has 1 aromatic rings. The fourth-order valence-electron chi connectivity index (χ4n) is 1.13. The van der Waals surface area contributed by atoms with Crippen LogP contribution in [0.25, 0.3) is 0 Å². The van der Waals surface area contributed by atoms with Crippen molar-refractivity contribution in [3.05, 3.63) is 28.0 Å². The zero-order valence-corrected chi connectivity index (χ0v) is 11.3. The number of rotatable bonds is 3. The molecule has 0 aromatic carbocycles. The molecule has 1 heterocycles. The lowest BCUT2D eigenvalue weighted by Crippen LogP contribution is -2.61. The van der Waals surface area contributed by atoms with Crippen molar-refractivity contribution in [3.63, 3.8) is 0 Å². The zero-order valence-electron chi connectivity index (χ0n) is 9.76. The van der Waals surface area contributed by atoms with Gasteiger partial charge in [0.25, 0.3) is 5.91 Å². The van der Waals surface area contributed by atoms with Crippen LogP contribution in [0.4, 0.5) is 13.2 Å². The third-order valence-corrected chi connectivity index (χ3v) is 2.93. The van der Waals surface area contributed by atoms with E-state index in [0.717, 1.165) is 12.3 Å². The smallest absolute Gasteiger partial charge is 0.422 e. The number of alkyl halides is 3. The highest BCUT2D eigenvalue weighted by Gasteiger charge is 2.58. The van der Waals surface area contributed by atoms with Crippen molar-refractivity contribution >= 4 is 35.1 Å². The Balaban J connectivity index is 3.16. The van der Waals surface area contributed by atoms with Crippen LogP contribution in [0.2, 0.25) is 10.2 Å². The van der Waals surface area contributed by atoms with Gasteiger partial charge in [0.15, 0.2) is 0 Å². The monoisotopic (exact) mass is 330 g/mol. The van der Waals surface area contributed by atoms with E-state index in [2.05, 4.69) is 4.98 Å². The topological polar surface area (TPSA) is 79.3 Å². The number of amides is 1. The number of carbonyl (C=O) groups excluding carboxylic acids is 1. The highest BCUT2D eigenvalue weighted by atomic mass is 35.5. The van der Waals surface area contributed by atoms with Gasteiger partial charge >= 0.3 is 12.1 Å². The molecule has 0 aliphatic heterocycles. The third-order valence-electron chi connectivity index (χ3n) is 2.42. The van der Waals surface area contributed by atoms with E-state index in [1.807, 2.05) is 0 Å². The molecule has 0 spiro atoms. The van der Waals surface area contributed by atoms with Gasteiger partial charge in [0, 0.05) is 6.20 Å². The quantitative estimate of drug-likeness (QED) is 0.834. The van der Waals surface area contributed by atoms with Crippen LogP contribution in [-0.4, -0.2) is 33.7 Å². The summed E-state index contributed by atoms with van der Waals surface area (Å²) in [5, 5.41) is 9.63. The van der Waals surface area contributed by atoms with Gasteiger partial charge < -0.3 is 10.4 Å². The van der Waals surface area contributed by atoms with E-state index in [4.69, 9.17) is 28.3 Å². The van der Waals surface area contributed by atoms with Crippen LogP contribution in [0.3, 0.4) is 0 Å². The van der Waals surface area contributed by atoms with Crippen LogP contribution in [0, 0.1) is 0 Å². The molecule has 0 bridgehead atoms. The van der Waals surface area contributed by atoms with Crippen LogP contribution in [-0.2, 0) is 4.79 Å². The van der Waals surface area contributed by atoms with E-state index in [-0.39, 0.29) is 10.2 Å². The van der Waals surface area contributed by atoms with Gasteiger partial charge in [-0.05, 0) is 13.0 Å². The minimum Gasteiger partial charge on any atom is -0.479 e. The van der Waals surface area contributed by atoms with Crippen LogP contribution >= 0.6 is 23.2 Å². The standard InChI is InChI=1S/C10H7Cl2F3N2O3/c1-9(8(19)20,10(13,14)15)17-7(18)4-2-6(12)16-3-5(4)11/h2-3H,1H3,(H,17,18)(H,19,20). The molecule has 110 valence electrons. The van der Waals surface area contributed by atoms with Crippen LogP contribution in [0.5, 0.6) is 0 Å². The summed E-state index contributed by atoms with van der Waals surface area (Å²) in [6, 6.07) is 0.928. The van der Waals surface area contributed by atoms with E-state index in [1.165, 1.54) is 5.32 Å². The van der Waals surface area contributed by atoms with Gasteiger partial charge in [-0.3, -0.25) is 4.79 Å². The van der Waals surface area contributed by atoms with Crippen molar-refractivity contribution in [2.75, 3.05) is 0 Å². The molecule has 1 atom stereocenters. The first-order chi connectivity index (χ1) is 8.99. The van der Waals surface area contributed by atoms with E-state index in [9.17, 15) is 22.8 Å².